The van der Waals surface area contributed by atoms with Crippen molar-refractivity contribution in [3.05, 3.63) is 82.9 Å². The maximum atomic E-state index is 12.1. The molecule has 6 heteroatoms. The summed E-state index contributed by atoms with van der Waals surface area (Å²) in [5, 5.41) is 5.93. The summed E-state index contributed by atoms with van der Waals surface area (Å²) in [6, 6.07) is 18.5. The molecular weight excluding hydrogens is 322 g/mol. The van der Waals surface area contributed by atoms with Crippen LogP contribution < -0.4 is 10.6 Å². The molecule has 2 aromatic carbocycles. The summed E-state index contributed by atoms with van der Waals surface area (Å²) in [6.45, 7) is 0.448. The Labute approximate surface area is 143 Å². The lowest BCUT2D eigenvalue weighted by atomic mass is 10.2. The summed E-state index contributed by atoms with van der Waals surface area (Å²) in [5.74, 6) is -0.460. The first-order valence-corrected chi connectivity index (χ1v) is 8.18. The number of hydrogen-bond acceptors (Lipinski definition) is 4. The minimum atomic E-state index is -0.249. The molecule has 0 spiro atoms. The van der Waals surface area contributed by atoms with E-state index < -0.39 is 0 Å². The average Bonchev–Trinajstić information content (AvgIpc) is 3.10. The Balaban J connectivity index is 1.58. The summed E-state index contributed by atoms with van der Waals surface area (Å²) in [4.78, 5) is 28.7. The molecule has 24 heavy (non-hydrogen) atoms. The van der Waals surface area contributed by atoms with E-state index in [0.717, 1.165) is 16.9 Å². The predicted octanol–water partition coefficient (Wildman–Crippen LogP) is 3.33. The van der Waals surface area contributed by atoms with Gasteiger partial charge >= 0.3 is 0 Å². The molecule has 120 valence electrons. The third-order valence-corrected chi connectivity index (χ3v) is 4.19. The molecule has 0 unspecified atom stereocenters. The summed E-state index contributed by atoms with van der Waals surface area (Å²) >= 11 is 1.14. The van der Waals surface area contributed by atoms with Gasteiger partial charge in [0.15, 0.2) is 5.13 Å². The molecule has 0 saturated heterocycles. The van der Waals surface area contributed by atoms with Crippen LogP contribution in [0.2, 0.25) is 0 Å². The minimum Gasteiger partial charge on any atom is -0.347 e. The number of benzene rings is 2. The van der Waals surface area contributed by atoms with Crippen LogP contribution >= 0.6 is 11.3 Å². The quantitative estimate of drug-likeness (QED) is 0.750. The highest BCUT2D eigenvalue weighted by molar-refractivity contribution is 7.17. The van der Waals surface area contributed by atoms with Crippen LogP contribution in [-0.4, -0.2) is 16.8 Å². The molecule has 0 aliphatic rings. The van der Waals surface area contributed by atoms with Crippen molar-refractivity contribution in [2.45, 2.75) is 6.54 Å². The molecule has 2 amide bonds. The Hall–Kier alpha value is -2.99. The highest BCUT2D eigenvalue weighted by Gasteiger charge is 2.13. The maximum absolute atomic E-state index is 12.1. The van der Waals surface area contributed by atoms with Crippen LogP contribution in [0, 0.1) is 0 Å². The summed E-state index contributed by atoms with van der Waals surface area (Å²) in [5.41, 5.74) is 1.57. The topological polar surface area (TPSA) is 71.1 Å². The first-order valence-electron chi connectivity index (χ1n) is 7.37. The molecular formula is C18H15N3O2S. The van der Waals surface area contributed by atoms with Gasteiger partial charge in [-0.2, -0.15) is 0 Å². The molecule has 2 N–H and O–H groups in total. The Morgan fingerprint density at radius 1 is 0.917 bits per heavy atom. The number of carbonyl (C=O) groups is 2. The number of carbonyl (C=O) groups excluding carboxylic acids is 2. The van der Waals surface area contributed by atoms with Gasteiger partial charge in [0.25, 0.3) is 11.8 Å². The van der Waals surface area contributed by atoms with E-state index in [0.29, 0.717) is 22.1 Å². The summed E-state index contributed by atoms with van der Waals surface area (Å²) in [6.07, 6.45) is 1.46. The van der Waals surface area contributed by atoms with Gasteiger partial charge in [0.05, 0.1) is 6.20 Å². The van der Waals surface area contributed by atoms with Crippen molar-refractivity contribution in [3.63, 3.8) is 0 Å². The van der Waals surface area contributed by atoms with Gasteiger partial charge in [0, 0.05) is 12.1 Å². The smallest absolute Gasteiger partial charge is 0.263 e. The van der Waals surface area contributed by atoms with E-state index >= 15 is 0 Å². The van der Waals surface area contributed by atoms with E-state index in [2.05, 4.69) is 15.6 Å². The lowest BCUT2D eigenvalue weighted by Crippen LogP contribution is -2.21. The summed E-state index contributed by atoms with van der Waals surface area (Å²) in [7, 11) is 0. The van der Waals surface area contributed by atoms with Gasteiger partial charge in [-0.15, -0.1) is 0 Å². The average molecular weight is 337 g/mol. The van der Waals surface area contributed by atoms with Crippen LogP contribution in [-0.2, 0) is 6.54 Å². The number of amides is 2. The fourth-order valence-electron chi connectivity index (χ4n) is 2.06. The fourth-order valence-corrected chi connectivity index (χ4v) is 2.79. The molecule has 0 aliphatic carbocycles. The molecule has 0 fully saturated rings. The van der Waals surface area contributed by atoms with Crippen LogP contribution in [0.25, 0.3) is 0 Å². The van der Waals surface area contributed by atoms with Gasteiger partial charge in [0.2, 0.25) is 0 Å². The van der Waals surface area contributed by atoms with Gasteiger partial charge in [-0.3, -0.25) is 14.9 Å². The van der Waals surface area contributed by atoms with Crippen molar-refractivity contribution in [2.75, 3.05) is 5.32 Å². The largest absolute Gasteiger partial charge is 0.347 e. The third kappa shape index (κ3) is 4.05. The van der Waals surface area contributed by atoms with Gasteiger partial charge < -0.3 is 5.32 Å². The molecule has 1 aromatic heterocycles. The number of nitrogens with zero attached hydrogens (tertiary/aromatic N) is 1. The molecule has 3 aromatic rings. The van der Waals surface area contributed by atoms with Gasteiger partial charge in [-0.05, 0) is 17.7 Å². The lowest BCUT2D eigenvalue weighted by Gasteiger charge is -2.03. The SMILES string of the molecule is O=C(Nc1ncc(C(=O)NCc2ccccc2)s1)c1ccccc1. The molecule has 5 nitrogen and oxygen atoms in total. The molecule has 0 radical (unpaired) electrons. The second-order valence-electron chi connectivity index (χ2n) is 5.02. The lowest BCUT2D eigenvalue weighted by molar-refractivity contribution is 0.0954. The van der Waals surface area contributed by atoms with E-state index in [-0.39, 0.29) is 11.8 Å². The second kappa shape index (κ2) is 7.52. The highest BCUT2D eigenvalue weighted by atomic mass is 32.1. The first-order chi connectivity index (χ1) is 11.7. The maximum Gasteiger partial charge on any atom is 0.263 e. The van der Waals surface area contributed by atoms with Crippen molar-refractivity contribution in [1.82, 2.24) is 10.3 Å². The summed E-state index contributed by atoms with van der Waals surface area (Å²) < 4.78 is 0. The van der Waals surface area contributed by atoms with Crippen LogP contribution in [0.1, 0.15) is 25.6 Å². The number of thiazole rings is 1. The molecule has 0 atom stereocenters. The van der Waals surface area contributed by atoms with E-state index in [1.165, 1.54) is 6.20 Å². The van der Waals surface area contributed by atoms with Crippen molar-refractivity contribution in [2.24, 2.45) is 0 Å². The third-order valence-electron chi connectivity index (χ3n) is 3.28. The predicted molar refractivity (Wildman–Crippen MR) is 94.1 cm³/mol. The number of hydrogen-bond donors (Lipinski definition) is 2. The molecule has 1 heterocycles. The molecule has 0 bridgehead atoms. The zero-order chi connectivity index (χ0) is 16.8. The van der Waals surface area contributed by atoms with Crippen LogP contribution in [0.4, 0.5) is 5.13 Å². The zero-order valence-corrected chi connectivity index (χ0v) is 13.5. The van der Waals surface area contributed by atoms with E-state index in [1.54, 1.807) is 24.3 Å². The van der Waals surface area contributed by atoms with Crippen molar-refractivity contribution < 1.29 is 9.59 Å². The van der Waals surface area contributed by atoms with Crippen LogP contribution in [0.15, 0.2) is 66.9 Å². The Bertz CT molecular complexity index is 832. The van der Waals surface area contributed by atoms with Crippen molar-refractivity contribution in [1.29, 1.82) is 0 Å². The normalized spacial score (nSPS) is 10.2. The van der Waals surface area contributed by atoms with Crippen LogP contribution in [0.3, 0.4) is 0 Å². The number of rotatable bonds is 5. The standard InChI is InChI=1S/C18H15N3O2S/c22-16(14-9-5-2-6-10-14)21-18-20-12-15(24-18)17(23)19-11-13-7-3-1-4-8-13/h1-10,12H,11H2,(H,19,23)(H,20,21,22). The Kier molecular flexibility index (Phi) is 4.98. The Morgan fingerprint density at radius 3 is 2.29 bits per heavy atom. The number of aromatic nitrogens is 1. The van der Waals surface area contributed by atoms with Crippen LogP contribution in [0.5, 0.6) is 0 Å². The van der Waals surface area contributed by atoms with Gasteiger partial charge in [-0.1, -0.05) is 59.9 Å². The number of anilines is 1. The van der Waals surface area contributed by atoms with Crippen molar-refractivity contribution >= 4 is 28.3 Å². The Morgan fingerprint density at radius 2 is 1.58 bits per heavy atom. The fraction of sp³-hybridized carbons (Fsp3) is 0.0556. The van der Waals surface area contributed by atoms with Gasteiger partial charge in [-0.25, -0.2) is 4.98 Å². The van der Waals surface area contributed by atoms with E-state index in [1.807, 2.05) is 36.4 Å². The number of nitrogens with one attached hydrogen (secondary N) is 2. The molecule has 0 aliphatic heterocycles. The highest BCUT2D eigenvalue weighted by Crippen LogP contribution is 2.19. The van der Waals surface area contributed by atoms with Crippen molar-refractivity contribution in [3.8, 4) is 0 Å². The van der Waals surface area contributed by atoms with E-state index in [4.69, 9.17) is 0 Å². The monoisotopic (exact) mass is 337 g/mol. The molecule has 0 saturated carbocycles. The molecule has 3 rings (SSSR count). The minimum absolute atomic E-state index is 0.212. The first kappa shape index (κ1) is 15.9. The second-order valence-corrected chi connectivity index (χ2v) is 6.05. The van der Waals surface area contributed by atoms with E-state index in [9.17, 15) is 9.59 Å². The zero-order valence-electron chi connectivity index (χ0n) is 12.7. The van der Waals surface area contributed by atoms with Gasteiger partial charge in [0.1, 0.15) is 4.88 Å².